The summed E-state index contributed by atoms with van der Waals surface area (Å²) in [6.07, 6.45) is 3.31. The third kappa shape index (κ3) is 3.46. The van der Waals surface area contributed by atoms with E-state index in [9.17, 15) is 9.18 Å². The molecule has 0 radical (unpaired) electrons. The van der Waals surface area contributed by atoms with E-state index in [0.29, 0.717) is 49.7 Å². The van der Waals surface area contributed by atoms with E-state index < -0.39 is 5.82 Å². The van der Waals surface area contributed by atoms with E-state index in [1.165, 1.54) is 6.07 Å². The van der Waals surface area contributed by atoms with Crippen molar-refractivity contribution in [1.82, 2.24) is 19.7 Å². The summed E-state index contributed by atoms with van der Waals surface area (Å²) in [5.41, 5.74) is 1.53. The number of morpholine rings is 1. The van der Waals surface area contributed by atoms with E-state index in [1.807, 2.05) is 22.5 Å². The van der Waals surface area contributed by atoms with Gasteiger partial charge in [0.05, 0.1) is 24.4 Å². The van der Waals surface area contributed by atoms with Crippen LogP contribution in [0.25, 0.3) is 33.9 Å². The van der Waals surface area contributed by atoms with E-state index >= 15 is 0 Å². The van der Waals surface area contributed by atoms with Gasteiger partial charge < -0.3 is 18.7 Å². The number of rotatable bonds is 4. The lowest BCUT2D eigenvalue weighted by Crippen LogP contribution is -2.36. The van der Waals surface area contributed by atoms with Crippen LogP contribution in [0.2, 0.25) is 0 Å². The van der Waals surface area contributed by atoms with Gasteiger partial charge in [-0.1, -0.05) is 11.2 Å². The smallest absolute Gasteiger partial charge is 0.263 e. The largest absolute Gasteiger partial charge is 0.378 e. The van der Waals surface area contributed by atoms with Crippen LogP contribution < -0.4 is 10.3 Å². The van der Waals surface area contributed by atoms with Gasteiger partial charge in [0.1, 0.15) is 17.1 Å². The van der Waals surface area contributed by atoms with Crippen molar-refractivity contribution in [3.8, 4) is 23.0 Å². The lowest BCUT2D eigenvalue weighted by molar-refractivity contribution is 0.122. The molecule has 1 saturated heterocycles. The average molecular weight is 421 g/mol. The van der Waals surface area contributed by atoms with Gasteiger partial charge in [0.15, 0.2) is 0 Å². The van der Waals surface area contributed by atoms with Crippen molar-refractivity contribution in [1.29, 1.82) is 0 Å². The number of anilines is 1. The average Bonchev–Trinajstić information content (AvgIpc) is 3.30. The summed E-state index contributed by atoms with van der Waals surface area (Å²) in [4.78, 5) is 23.7. The van der Waals surface area contributed by atoms with Crippen LogP contribution >= 0.6 is 0 Å². The normalized spacial score (nSPS) is 14.3. The molecule has 4 aromatic rings. The van der Waals surface area contributed by atoms with Crippen LogP contribution in [0.3, 0.4) is 0 Å². The lowest BCUT2D eigenvalue weighted by Gasteiger charge is -2.29. The second-order valence-electron chi connectivity index (χ2n) is 7.22. The summed E-state index contributed by atoms with van der Waals surface area (Å²) < 4.78 is 27.6. The van der Waals surface area contributed by atoms with Gasteiger partial charge in [-0.15, -0.1) is 0 Å². The predicted molar refractivity (Wildman–Crippen MR) is 113 cm³/mol. The Morgan fingerprint density at radius 1 is 1.19 bits per heavy atom. The molecule has 0 saturated carbocycles. The molecule has 0 aliphatic carbocycles. The van der Waals surface area contributed by atoms with Crippen LogP contribution in [-0.2, 0) is 11.3 Å². The van der Waals surface area contributed by atoms with Gasteiger partial charge in [0, 0.05) is 37.4 Å². The molecule has 1 aliphatic rings. The molecule has 0 bridgehead atoms. The van der Waals surface area contributed by atoms with Crippen LogP contribution in [0.4, 0.5) is 10.1 Å². The standard InChI is InChI=1S/C22H20FN5O3/c1-2-27-13-15(22-25-21(26-31-22)17-5-3-4-6-24-17)20(29)14-11-16(23)19(12-18(14)27)28-7-9-30-10-8-28/h3-6,11-13H,2,7-10H2,1H3. The van der Waals surface area contributed by atoms with E-state index in [0.717, 1.165) is 0 Å². The molecular weight excluding hydrogens is 401 g/mol. The van der Waals surface area contributed by atoms with Crippen molar-refractivity contribution in [3.63, 3.8) is 0 Å². The molecule has 31 heavy (non-hydrogen) atoms. The summed E-state index contributed by atoms with van der Waals surface area (Å²) in [5.74, 6) is -0.0783. The predicted octanol–water partition coefficient (Wildman–Crippen LogP) is 3.11. The van der Waals surface area contributed by atoms with E-state index in [-0.39, 0.29) is 28.1 Å². The van der Waals surface area contributed by atoms with Gasteiger partial charge in [-0.25, -0.2) is 4.39 Å². The maximum atomic E-state index is 15.0. The zero-order chi connectivity index (χ0) is 21.4. The Bertz CT molecular complexity index is 1300. The Kier molecular flexibility index (Phi) is 4.95. The van der Waals surface area contributed by atoms with E-state index in [2.05, 4.69) is 15.1 Å². The minimum absolute atomic E-state index is 0.0763. The Morgan fingerprint density at radius 2 is 2.03 bits per heavy atom. The molecule has 0 amide bonds. The summed E-state index contributed by atoms with van der Waals surface area (Å²) in [6.45, 7) is 4.85. The first-order valence-corrected chi connectivity index (χ1v) is 10.1. The number of ether oxygens (including phenoxy) is 1. The Labute approximate surface area is 176 Å². The first-order chi connectivity index (χ1) is 15.2. The van der Waals surface area contributed by atoms with Crippen molar-refractivity contribution in [3.05, 3.63) is 58.8 Å². The maximum absolute atomic E-state index is 15.0. The molecule has 4 heterocycles. The molecule has 3 aromatic heterocycles. The molecule has 1 aromatic carbocycles. The molecule has 0 N–H and O–H groups in total. The Morgan fingerprint density at radius 3 is 2.77 bits per heavy atom. The number of hydrogen-bond donors (Lipinski definition) is 0. The number of aromatic nitrogens is 4. The van der Waals surface area contributed by atoms with E-state index in [4.69, 9.17) is 9.26 Å². The molecule has 1 fully saturated rings. The molecule has 9 heteroatoms. The fourth-order valence-electron chi connectivity index (χ4n) is 3.79. The number of aryl methyl sites for hydroxylation is 1. The van der Waals surface area contributed by atoms with Crippen LogP contribution in [0.15, 0.2) is 52.0 Å². The third-order valence-electron chi connectivity index (χ3n) is 5.39. The van der Waals surface area contributed by atoms with Gasteiger partial charge in [-0.05, 0) is 31.2 Å². The van der Waals surface area contributed by atoms with Crippen molar-refractivity contribution in [2.75, 3.05) is 31.2 Å². The monoisotopic (exact) mass is 421 g/mol. The number of halogens is 1. The summed E-state index contributed by atoms with van der Waals surface area (Å²) in [5, 5.41) is 4.21. The maximum Gasteiger partial charge on any atom is 0.263 e. The molecule has 0 spiro atoms. The molecule has 8 nitrogen and oxygen atoms in total. The van der Waals surface area contributed by atoms with Crippen LogP contribution in [0, 0.1) is 5.82 Å². The van der Waals surface area contributed by atoms with Gasteiger partial charge in [-0.2, -0.15) is 4.98 Å². The van der Waals surface area contributed by atoms with Crippen LogP contribution in [0.5, 0.6) is 0 Å². The second kappa shape index (κ2) is 7.92. The minimum atomic E-state index is -0.439. The minimum Gasteiger partial charge on any atom is -0.378 e. The number of hydrogen-bond acceptors (Lipinski definition) is 7. The quantitative estimate of drug-likeness (QED) is 0.500. The second-order valence-corrected chi connectivity index (χ2v) is 7.22. The first-order valence-electron chi connectivity index (χ1n) is 10.1. The van der Waals surface area contributed by atoms with Crippen molar-refractivity contribution < 1.29 is 13.7 Å². The van der Waals surface area contributed by atoms with Crippen molar-refractivity contribution in [2.24, 2.45) is 0 Å². The van der Waals surface area contributed by atoms with Crippen LogP contribution in [0.1, 0.15) is 6.92 Å². The molecule has 1 aliphatic heterocycles. The third-order valence-corrected chi connectivity index (χ3v) is 5.39. The topological polar surface area (TPSA) is 86.3 Å². The summed E-state index contributed by atoms with van der Waals surface area (Å²) in [6, 6.07) is 8.38. The van der Waals surface area contributed by atoms with Gasteiger partial charge >= 0.3 is 0 Å². The van der Waals surface area contributed by atoms with Crippen molar-refractivity contribution >= 4 is 16.6 Å². The van der Waals surface area contributed by atoms with Gasteiger partial charge in [0.25, 0.3) is 5.89 Å². The van der Waals surface area contributed by atoms with Gasteiger partial charge in [0.2, 0.25) is 11.3 Å². The van der Waals surface area contributed by atoms with Crippen LogP contribution in [-0.4, -0.2) is 46.0 Å². The Balaban J connectivity index is 1.63. The summed E-state index contributed by atoms with van der Waals surface area (Å²) in [7, 11) is 0. The molecular formula is C22H20FN5O3. The zero-order valence-electron chi connectivity index (χ0n) is 16.9. The summed E-state index contributed by atoms with van der Waals surface area (Å²) >= 11 is 0. The highest BCUT2D eigenvalue weighted by atomic mass is 19.1. The molecule has 158 valence electrons. The highest BCUT2D eigenvalue weighted by Gasteiger charge is 2.21. The highest BCUT2D eigenvalue weighted by Crippen LogP contribution is 2.28. The number of benzene rings is 1. The number of nitrogens with zero attached hydrogens (tertiary/aromatic N) is 5. The highest BCUT2D eigenvalue weighted by molar-refractivity contribution is 5.86. The van der Waals surface area contributed by atoms with Gasteiger partial charge in [-0.3, -0.25) is 9.78 Å². The molecule has 0 unspecified atom stereocenters. The fourth-order valence-corrected chi connectivity index (χ4v) is 3.79. The molecule has 0 atom stereocenters. The number of pyridine rings is 2. The fraction of sp³-hybridized carbons (Fsp3) is 0.273. The SMILES string of the molecule is CCn1cc(-c2nc(-c3ccccn3)no2)c(=O)c2cc(F)c(N3CCOCC3)cc21. The molecule has 5 rings (SSSR count). The van der Waals surface area contributed by atoms with Crippen molar-refractivity contribution in [2.45, 2.75) is 13.5 Å². The first kappa shape index (κ1) is 19.4. The number of fused-ring (bicyclic) bond motifs is 1. The zero-order valence-corrected chi connectivity index (χ0v) is 16.9. The Hall–Kier alpha value is -3.59. The lowest BCUT2D eigenvalue weighted by atomic mass is 10.1. The van der Waals surface area contributed by atoms with E-state index in [1.54, 1.807) is 30.6 Å².